The third-order valence-corrected chi connectivity index (χ3v) is 4.43. The molecule has 34 heavy (non-hydrogen) atoms. The first-order valence-electron chi connectivity index (χ1n) is 9.83. The molecule has 0 spiro atoms. The fraction of sp³-hybridized carbons (Fsp3) is 0.0833. The molecule has 10 heteroatoms. The van der Waals surface area contributed by atoms with Crippen molar-refractivity contribution in [1.29, 1.82) is 0 Å². The van der Waals surface area contributed by atoms with E-state index in [0.717, 1.165) is 23.9 Å². The van der Waals surface area contributed by atoms with E-state index in [4.69, 9.17) is 4.74 Å². The van der Waals surface area contributed by atoms with Gasteiger partial charge in [0.2, 0.25) is 0 Å². The third kappa shape index (κ3) is 6.52. The molecule has 0 saturated carbocycles. The molecule has 0 atom stereocenters. The normalized spacial score (nSPS) is 11.2. The van der Waals surface area contributed by atoms with Gasteiger partial charge in [-0.1, -0.05) is 35.9 Å². The van der Waals surface area contributed by atoms with E-state index in [2.05, 4.69) is 10.4 Å². The number of ether oxygens (including phenoxy) is 1. The number of anilines is 1. The Morgan fingerprint density at radius 2 is 1.62 bits per heavy atom. The summed E-state index contributed by atoms with van der Waals surface area (Å²) < 4.78 is 43.7. The first kappa shape index (κ1) is 24.2. The van der Waals surface area contributed by atoms with Crippen molar-refractivity contribution in [2.45, 2.75) is 13.1 Å². The number of para-hydroxylation sites is 1. The molecule has 2 N–H and O–H groups in total. The molecule has 0 fully saturated rings. The first-order valence-corrected chi connectivity index (χ1v) is 9.83. The number of carbonyl (C=O) groups excluding carboxylic acids is 3. The van der Waals surface area contributed by atoms with Crippen LogP contribution in [-0.4, -0.2) is 24.0 Å². The molecule has 2 amide bonds. The fourth-order valence-corrected chi connectivity index (χ4v) is 2.70. The predicted molar refractivity (Wildman–Crippen MR) is 118 cm³/mol. The molecule has 0 aliphatic rings. The molecule has 174 valence electrons. The van der Waals surface area contributed by atoms with Crippen molar-refractivity contribution in [3.05, 3.63) is 95.1 Å². The number of hydrogen-bond acceptors (Lipinski definition) is 5. The maximum Gasteiger partial charge on any atom is 0.416 e. The number of amides is 2. The number of aryl methyl sites for hydroxylation is 1. The number of nitrogens with one attached hydrogen (secondary N) is 2. The zero-order valence-electron chi connectivity index (χ0n) is 17.7. The van der Waals surface area contributed by atoms with E-state index in [9.17, 15) is 27.6 Å². The van der Waals surface area contributed by atoms with Gasteiger partial charge in [0.25, 0.3) is 0 Å². The van der Waals surface area contributed by atoms with Gasteiger partial charge in [-0.15, -0.1) is 0 Å². The molecule has 3 rings (SSSR count). The minimum Gasteiger partial charge on any atom is -0.422 e. The third-order valence-electron chi connectivity index (χ3n) is 4.43. The van der Waals surface area contributed by atoms with E-state index in [1.54, 1.807) is 42.5 Å². The Kier molecular flexibility index (Phi) is 7.42. The van der Waals surface area contributed by atoms with Crippen LogP contribution in [0, 0.1) is 6.92 Å². The van der Waals surface area contributed by atoms with Gasteiger partial charge >= 0.3 is 24.0 Å². The van der Waals surface area contributed by atoms with Gasteiger partial charge in [0.15, 0.2) is 0 Å². The van der Waals surface area contributed by atoms with Crippen molar-refractivity contribution < 1.29 is 32.3 Å². The molecule has 0 aromatic heterocycles. The summed E-state index contributed by atoms with van der Waals surface area (Å²) in [7, 11) is 0. The Labute approximate surface area is 192 Å². The predicted octanol–water partition coefficient (Wildman–Crippen LogP) is 4.32. The highest BCUT2D eigenvalue weighted by Gasteiger charge is 2.30. The van der Waals surface area contributed by atoms with Crippen LogP contribution in [0.1, 0.15) is 27.0 Å². The molecule has 3 aromatic rings. The number of hydrazone groups is 1. The Bertz CT molecular complexity index is 1240. The van der Waals surface area contributed by atoms with Gasteiger partial charge in [-0.05, 0) is 49.4 Å². The standard InChI is InChI=1S/C24H18F3N3O4/c1-15-9-11-16(12-10-15)23(33)34-20-8-3-2-5-17(20)14-28-30-22(32)21(31)29-19-7-4-6-18(13-19)24(25,26)27/h2-14H,1H3,(H,29,31)(H,30,32). The largest absolute Gasteiger partial charge is 0.422 e. The highest BCUT2D eigenvalue weighted by atomic mass is 19.4. The lowest BCUT2D eigenvalue weighted by atomic mass is 10.1. The van der Waals surface area contributed by atoms with Gasteiger partial charge in [-0.3, -0.25) is 9.59 Å². The van der Waals surface area contributed by atoms with E-state index in [1.165, 1.54) is 12.1 Å². The molecule has 7 nitrogen and oxygen atoms in total. The summed E-state index contributed by atoms with van der Waals surface area (Å²) in [6.45, 7) is 1.88. The second-order valence-electron chi connectivity index (χ2n) is 7.03. The van der Waals surface area contributed by atoms with Crippen LogP contribution in [0.5, 0.6) is 5.75 Å². The molecule has 0 saturated heterocycles. The van der Waals surface area contributed by atoms with E-state index >= 15 is 0 Å². The van der Waals surface area contributed by atoms with Gasteiger partial charge in [0.05, 0.1) is 17.3 Å². The van der Waals surface area contributed by atoms with Crippen LogP contribution >= 0.6 is 0 Å². The van der Waals surface area contributed by atoms with Gasteiger partial charge in [0.1, 0.15) is 5.75 Å². The van der Waals surface area contributed by atoms with Crippen LogP contribution in [0.2, 0.25) is 0 Å². The van der Waals surface area contributed by atoms with Crippen molar-refractivity contribution in [3.8, 4) is 5.75 Å². The summed E-state index contributed by atoms with van der Waals surface area (Å²) in [5.74, 6) is -2.84. The highest BCUT2D eigenvalue weighted by molar-refractivity contribution is 6.39. The zero-order chi connectivity index (χ0) is 24.7. The van der Waals surface area contributed by atoms with Gasteiger partial charge in [-0.25, -0.2) is 10.2 Å². The molecular formula is C24H18F3N3O4. The molecule has 0 unspecified atom stereocenters. The van der Waals surface area contributed by atoms with E-state index < -0.39 is 29.5 Å². The molecule has 3 aromatic carbocycles. The van der Waals surface area contributed by atoms with Gasteiger partial charge < -0.3 is 10.1 Å². The molecule has 0 radical (unpaired) electrons. The average molecular weight is 469 g/mol. The summed E-state index contributed by atoms with van der Waals surface area (Å²) in [5.41, 5.74) is 2.46. The topological polar surface area (TPSA) is 96.9 Å². The van der Waals surface area contributed by atoms with E-state index in [0.29, 0.717) is 17.2 Å². The lowest BCUT2D eigenvalue weighted by molar-refractivity contribution is -0.137. The number of halogens is 3. The lowest BCUT2D eigenvalue weighted by Crippen LogP contribution is -2.32. The summed E-state index contributed by atoms with van der Waals surface area (Å²) in [6.07, 6.45) is -3.43. The Morgan fingerprint density at radius 1 is 0.912 bits per heavy atom. The van der Waals surface area contributed by atoms with Crippen molar-refractivity contribution in [2.75, 3.05) is 5.32 Å². The molecular weight excluding hydrogens is 451 g/mol. The minimum absolute atomic E-state index is 0.166. The lowest BCUT2D eigenvalue weighted by Gasteiger charge is -2.09. The van der Waals surface area contributed by atoms with E-state index in [1.807, 2.05) is 12.3 Å². The quantitative estimate of drug-likeness (QED) is 0.191. The molecule has 0 heterocycles. The second-order valence-corrected chi connectivity index (χ2v) is 7.03. The second kappa shape index (κ2) is 10.4. The molecule has 0 bridgehead atoms. The van der Waals surface area contributed by atoms with Crippen LogP contribution in [0.25, 0.3) is 0 Å². The smallest absolute Gasteiger partial charge is 0.416 e. The van der Waals surface area contributed by atoms with Crippen LogP contribution in [0.3, 0.4) is 0 Å². The van der Waals surface area contributed by atoms with Gasteiger partial charge in [0, 0.05) is 11.3 Å². The summed E-state index contributed by atoms with van der Waals surface area (Å²) in [6, 6.07) is 17.0. The van der Waals surface area contributed by atoms with Crippen LogP contribution < -0.4 is 15.5 Å². The fourth-order valence-electron chi connectivity index (χ4n) is 2.70. The Balaban J connectivity index is 1.62. The first-order chi connectivity index (χ1) is 16.1. The summed E-state index contributed by atoms with van der Waals surface area (Å²) in [5, 5.41) is 5.72. The average Bonchev–Trinajstić information content (AvgIpc) is 2.80. The molecule has 0 aliphatic heterocycles. The number of rotatable bonds is 5. The minimum atomic E-state index is -4.59. The highest BCUT2D eigenvalue weighted by Crippen LogP contribution is 2.30. The molecule has 0 aliphatic carbocycles. The maximum absolute atomic E-state index is 12.8. The van der Waals surface area contributed by atoms with Crippen LogP contribution in [-0.2, 0) is 15.8 Å². The number of benzene rings is 3. The van der Waals surface area contributed by atoms with Crippen molar-refractivity contribution in [2.24, 2.45) is 5.10 Å². The van der Waals surface area contributed by atoms with Gasteiger partial charge in [-0.2, -0.15) is 18.3 Å². The summed E-state index contributed by atoms with van der Waals surface area (Å²) >= 11 is 0. The number of esters is 1. The van der Waals surface area contributed by atoms with Crippen LogP contribution in [0.15, 0.2) is 77.9 Å². The Hall–Kier alpha value is -4.47. The van der Waals surface area contributed by atoms with Crippen molar-refractivity contribution >= 4 is 29.7 Å². The zero-order valence-corrected chi connectivity index (χ0v) is 17.7. The number of nitrogens with zero attached hydrogens (tertiary/aromatic N) is 1. The Morgan fingerprint density at radius 3 is 2.32 bits per heavy atom. The van der Waals surface area contributed by atoms with E-state index in [-0.39, 0.29) is 11.4 Å². The van der Waals surface area contributed by atoms with Crippen molar-refractivity contribution in [3.63, 3.8) is 0 Å². The summed E-state index contributed by atoms with van der Waals surface area (Å²) in [4.78, 5) is 36.3. The number of hydrogen-bond donors (Lipinski definition) is 2. The van der Waals surface area contributed by atoms with Crippen molar-refractivity contribution in [1.82, 2.24) is 5.43 Å². The number of carbonyl (C=O) groups is 3. The maximum atomic E-state index is 12.8. The monoisotopic (exact) mass is 469 g/mol. The van der Waals surface area contributed by atoms with Crippen LogP contribution in [0.4, 0.5) is 18.9 Å². The number of alkyl halides is 3. The SMILES string of the molecule is Cc1ccc(C(=O)Oc2ccccc2C=NNC(=O)C(=O)Nc2cccc(C(F)(F)F)c2)cc1.